The summed E-state index contributed by atoms with van der Waals surface area (Å²) in [6, 6.07) is 7.08. The smallest absolute Gasteiger partial charge is 0.368 e. The Morgan fingerprint density at radius 2 is 2.00 bits per heavy atom. The third kappa shape index (κ3) is 2.00. The number of nitrogens with one attached hydrogen (secondary N) is 1. The number of ether oxygens (including phenoxy) is 1. The van der Waals surface area contributed by atoms with Gasteiger partial charge in [-0.3, -0.25) is 0 Å². The van der Waals surface area contributed by atoms with Crippen LogP contribution in [0.5, 0.6) is 5.75 Å². The van der Waals surface area contributed by atoms with Gasteiger partial charge in [0.2, 0.25) is 5.69 Å². The lowest BCUT2D eigenvalue weighted by Gasteiger charge is -2.02. The van der Waals surface area contributed by atoms with Gasteiger partial charge in [-0.25, -0.2) is 4.79 Å². The number of aryl methyl sites for hydroxylation is 1. The second-order valence-corrected chi connectivity index (χ2v) is 3.26. The molecule has 2 aromatic rings. The summed E-state index contributed by atoms with van der Waals surface area (Å²) < 4.78 is 5.05. The number of nitrogens with two attached hydrogens (primary N) is 1. The van der Waals surface area contributed by atoms with Gasteiger partial charge >= 0.3 is 5.97 Å². The van der Waals surface area contributed by atoms with E-state index in [4.69, 9.17) is 10.5 Å². The van der Waals surface area contributed by atoms with E-state index in [2.05, 4.69) is 15.4 Å². The molecule has 1 aromatic carbocycles. The van der Waals surface area contributed by atoms with Crippen LogP contribution in [0.1, 0.15) is 16.1 Å². The number of esters is 1. The van der Waals surface area contributed by atoms with E-state index in [0.29, 0.717) is 5.75 Å². The van der Waals surface area contributed by atoms with Crippen molar-refractivity contribution in [2.75, 3.05) is 5.73 Å². The maximum absolute atomic E-state index is 11.6. The Bertz CT molecular complexity index is 504. The minimum absolute atomic E-state index is 0.0134. The van der Waals surface area contributed by atoms with Crippen molar-refractivity contribution >= 4 is 11.8 Å². The molecule has 6 heteroatoms. The molecule has 0 bridgehead atoms. The highest BCUT2D eigenvalue weighted by Gasteiger charge is 2.16. The molecule has 0 aliphatic carbocycles. The van der Waals surface area contributed by atoms with E-state index in [0.717, 1.165) is 5.56 Å². The Balaban J connectivity index is 2.14. The Kier molecular flexibility index (Phi) is 2.55. The van der Waals surface area contributed by atoms with E-state index < -0.39 is 5.97 Å². The standard InChI is InChI=1S/C10H10N4O2/c1-6-2-4-7(5-3-6)16-10(15)8-9(11)13-14-12-8/h2-5H,1H3,(H3,11,12,13,14). The summed E-state index contributed by atoms with van der Waals surface area (Å²) in [7, 11) is 0. The van der Waals surface area contributed by atoms with Crippen LogP contribution in [0, 0.1) is 6.92 Å². The number of hydrogen-bond acceptors (Lipinski definition) is 5. The van der Waals surface area contributed by atoms with E-state index in [9.17, 15) is 4.79 Å². The SMILES string of the molecule is Cc1ccc(OC(=O)c2n[nH]nc2N)cc1. The van der Waals surface area contributed by atoms with Gasteiger partial charge in [-0.1, -0.05) is 17.7 Å². The van der Waals surface area contributed by atoms with Crippen molar-refractivity contribution in [1.82, 2.24) is 15.4 Å². The van der Waals surface area contributed by atoms with Gasteiger partial charge in [-0.15, -0.1) is 10.2 Å². The van der Waals surface area contributed by atoms with Crippen LogP contribution in [0.4, 0.5) is 5.82 Å². The van der Waals surface area contributed by atoms with Gasteiger partial charge < -0.3 is 10.5 Å². The number of aromatic amines is 1. The van der Waals surface area contributed by atoms with Gasteiger partial charge in [0.1, 0.15) is 5.75 Å². The predicted molar refractivity (Wildman–Crippen MR) is 56.9 cm³/mol. The van der Waals surface area contributed by atoms with Gasteiger partial charge in [0, 0.05) is 0 Å². The number of carbonyl (C=O) groups is 1. The predicted octanol–water partition coefficient (Wildman–Crippen LogP) is 0.915. The van der Waals surface area contributed by atoms with Crippen LogP contribution < -0.4 is 10.5 Å². The summed E-state index contributed by atoms with van der Waals surface area (Å²) in [6.07, 6.45) is 0. The largest absolute Gasteiger partial charge is 0.422 e. The molecule has 3 N–H and O–H groups in total. The normalized spacial score (nSPS) is 10.1. The first-order chi connectivity index (χ1) is 7.66. The van der Waals surface area contributed by atoms with Crippen molar-refractivity contribution in [3.8, 4) is 5.75 Å². The molecule has 2 rings (SSSR count). The summed E-state index contributed by atoms with van der Waals surface area (Å²) in [5, 5.41) is 9.38. The summed E-state index contributed by atoms with van der Waals surface area (Å²) in [4.78, 5) is 11.6. The molecule has 0 radical (unpaired) electrons. The van der Waals surface area contributed by atoms with Crippen molar-refractivity contribution in [3.63, 3.8) is 0 Å². The van der Waals surface area contributed by atoms with Crippen LogP contribution >= 0.6 is 0 Å². The van der Waals surface area contributed by atoms with E-state index >= 15 is 0 Å². The van der Waals surface area contributed by atoms with Crippen LogP contribution in [0.3, 0.4) is 0 Å². The van der Waals surface area contributed by atoms with E-state index in [-0.39, 0.29) is 11.5 Å². The van der Waals surface area contributed by atoms with E-state index in [1.807, 2.05) is 19.1 Å². The fourth-order valence-electron chi connectivity index (χ4n) is 1.15. The molecule has 1 aromatic heterocycles. The summed E-state index contributed by atoms with van der Waals surface area (Å²) in [5.41, 5.74) is 6.48. The van der Waals surface area contributed by atoms with Crippen molar-refractivity contribution in [3.05, 3.63) is 35.5 Å². The van der Waals surface area contributed by atoms with Gasteiger partial charge in [-0.2, -0.15) is 5.21 Å². The highest BCUT2D eigenvalue weighted by atomic mass is 16.5. The molecule has 82 valence electrons. The topological polar surface area (TPSA) is 93.9 Å². The maximum Gasteiger partial charge on any atom is 0.368 e. The minimum Gasteiger partial charge on any atom is -0.422 e. The van der Waals surface area contributed by atoms with E-state index in [1.165, 1.54) is 0 Å². The highest BCUT2D eigenvalue weighted by Crippen LogP contribution is 2.14. The molecule has 0 atom stereocenters. The van der Waals surface area contributed by atoms with Crippen molar-refractivity contribution < 1.29 is 9.53 Å². The van der Waals surface area contributed by atoms with Gasteiger partial charge in [-0.05, 0) is 19.1 Å². The molecule has 16 heavy (non-hydrogen) atoms. The van der Waals surface area contributed by atoms with Gasteiger partial charge in [0.05, 0.1) is 0 Å². The summed E-state index contributed by atoms with van der Waals surface area (Å²) >= 11 is 0. The molecular formula is C10H10N4O2. The van der Waals surface area contributed by atoms with Crippen LogP contribution in [0.15, 0.2) is 24.3 Å². The Morgan fingerprint density at radius 1 is 1.31 bits per heavy atom. The van der Waals surface area contributed by atoms with Crippen molar-refractivity contribution in [1.29, 1.82) is 0 Å². The number of H-pyrrole nitrogens is 1. The van der Waals surface area contributed by atoms with Crippen LogP contribution in [0.2, 0.25) is 0 Å². The average molecular weight is 218 g/mol. The number of nitrogens with zero attached hydrogens (tertiary/aromatic N) is 2. The molecule has 0 aliphatic heterocycles. The number of hydrogen-bond donors (Lipinski definition) is 2. The molecule has 0 saturated carbocycles. The first-order valence-corrected chi connectivity index (χ1v) is 4.62. The molecular weight excluding hydrogens is 208 g/mol. The monoisotopic (exact) mass is 218 g/mol. The molecule has 0 spiro atoms. The Hall–Kier alpha value is -2.37. The zero-order valence-electron chi connectivity index (χ0n) is 8.60. The number of benzene rings is 1. The zero-order valence-corrected chi connectivity index (χ0v) is 8.60. The number of anilines is 1. The van der Waals surface area contributed by atoms with E-state index in [1.54, 1.807) is 12.1 Å². The Labute approximate surface area is 91.4 Å². The number of rotatable bonds is 2. The molecule has 1 heterocycles. The molecule has 0 unspecified atom stereocenters. The molecule has 0 saturated heterocycles. The number of carbonyl (C=O) groups excluding carboxylic acids is 1. The Morgan fingerprint density at radius 3 is 2.56 bits per heavy atom. The van der Waals surface area contributed by atoms with Crippen LogP contribution in [-0.4, -0.2) is 21.4 Å². The van der Waals surface area contributed by atoms with Crippen LogP contribution in [0.25, 0.3) is 0 Å². The fraction of sp³-hybridized carbons (Fsp3) is 0.100. The number of aromatic nitrogens is 3. The molecule has 6 nitrogen and oxygen atoms in total. The molecule has 0 aliphatic rings. The lowest BCUT2D eigenvalue weighted by molar-refractivity contribution is 0.0729. The van der Waals surface area contributed by atoms with Gasteiger partial charge in [0.15, 0.2) is 5.82 Å². The summed E-state index contributed by atoms with van der Waals surface area (Å²) in [5.74, 6) is -0.162. The number of nitrogen functional groups attached to an aromatic ring is 1. The third-order valence-electron chi connectivity index (χ3n) is 2.00. The molecule has 0 fully saturated rings. The first-order valence-electron chi connectivity index (χ1n) is 4.62. The van der Waals surface area contributed by atoms with Crippen LogP contribution in [-0.2, 0) is 0 Å². The second kappa shape index (κ2) is 4.01. The maximum atomic E-state index is 11.6. The second-order valence-electron chi connectivity index (χ2n) is 3.26. The lowest BCUT2D eigenvalue weighted by Crippen LogP contribution is -2.11. The minimum atomic E-state index is -0.630. The fourth-order valence-corrected chi connectivity index (χ4v) is 1.15. The summed E-state index contributed by atoms with van der Waals surface area (Å²) in [6.45, 7) is 1.95. The van der Waals surface area contributed by atoms with Gasteiger partial charge in [0.25, 0.3) is 0 Å². The third-order valence-corrected chi connectivity index (χ3v) is 2.00. The highest BCUT2D eigenvalue weighted by molar-refractivity contribution is 5.93. The van der Waals surface area contributed by atoms with Crippen molar-refractivity contribution in [2.24, 2.45) is 0 Å². The molecule has 0 amide bonds. The quantitative estimate of drug-likeness (QED) is 0.577. The van der Waals surface area contributed by atoms with Crippen molar-refractivity contribution in [2.45, 2.75) is 6.92 Å². The zero-order chi connectivity index (χ0) is 11.5. The lowest BCUT2D eigenvalue weighted by atomic mass is 10.2. The average Bonchev–Trinajstić information content (AvgIpc) is 2.68. The first kappa shape index (κ1) is 10.2.